The van der Waals surface area contributed by atoms with Crippen LogP contribution in [0.1, 0.15) is 23.1 Å². The summed E-state index contributed by atoms with van der Waals surface area (Å²) >= 11 is 0. The van der Waals surface area contributed by atoms with Gasteiger partial charge in [0, 0.05) is 44.0 Å². The smallest absolute Gasteiger partial charge is 0.381 e. The standard InChI is InChI=1S/C23H22F3N7O3/c24-23(25,26)17-12-28-22(29-13-17)33-5-3-32(4-6-33)20(34)2-8-36-7-1-16-9-15(11-27)10-18-19(16)14-30-31-21(18)35/h9-10,12-14H,1-8H2,(H,31,35). The van der Waals surface area contributed by atoms with E-state index in [4.69, 9.17) is 4.74 Å². The lowest BCUT2D eigenvalue weighted by Gasteiger charge is -2.34. The normalized spacial score (nSPS) is 14.2. The number of fused-ring (bicyclic) bond motifs is 1. The molecule has 4 rings (SSSR count). The highest BCUT2D eigenvalue weighted by atomic mass is 19.4. The highest BCUT2D eigenvalue weighted by Crippen LogP contribution is 2.28. The summed E-state index contributed by atoms with van der Waals surface area (Å²) in [5.74, 6) is 0.110. The van der Waals surface area contributed by atoms with E-state index in [0.29, 0.717) is 55.5 Å². The Labute approximate surface area is 203 Å². The summed E-state index contributed by atoms with van der Waals surface area (Å²) in [4.78, 5) is 35.5. The van der Waals surface area contributed by atoms with Gasteiger partial charge in [0.2, 0.25) is 11.9 Å². The number of H-pyrrole nitrogens is 1. The molecule has 3 heterocycles. The Morgan fingerprint density at radius 3 is 2.47 bits per heavy atom. The van der Waals surface area contributed by atoms with E-state index < -0.39 is 11.7 Å². The zero-order valence-electron chi connectivity index (χ0n) is 19.1. The Hall–Kier alpha value is -4.05. The van der Waals surface area contributed by atoms with Gasteiger partial charge in [-0.25, -0.2) is 15.1 Å². The summed E-state index contributed by atoms with van der Waals surface area (Å²) in [5, 5.41) is 16.4. The van der Waals surface area contributed by atoms with Gasteiger partial charge >= 0.3 is 6.18 Å². The first-order chi connectivity index (χ1) is 17.3. The Balaban J connectivity index is 1.22. The molecule has 2 aromatic heterocycles. The van der Waals surface area contributed by atoms with E-state index in [-0.39, 0.29) is 30.4 Å². The number of nitrogens with zero attached hydrogens (tertiary/aromatic N) is 6. The van der Waals surface area contributed by atoms with Crippen LogP contribution in [0.5, 0.6) is 0 Å². The first-order valence-electron chi connectivity index (χ1n) is 11.2. The molecule has 1 fully saturated rings. The number of aromatic amines is 1. The summed E-state index contributed by atoms with van der Waals surface area (Å²) in [6.07, 6.45) is -0.826. The largest absolute Gasteiger partial charge is 0.419 e. The van der Waals surface area contributed by atoms with Crippen molar-refractivity contribution >= 4 is 22.6 Å². The fraction of sp³-hybridized carbons (Fsp3) is 0.391. The van der Waals surface area contributed by atoms with Gasteiger partial charge in [0.1, 0.15) is 0 Å². The van der Waals surface area contributed by atoms with Crippen molar-refractivity contribution in [3.63, 3.8) is 0 Å². The number of ether oxygens (including phenoxy) is 1. The quantitative estimate of drug-likeness (QED) is 0.486. The van der Waals surface area contributed by atoms with Crippen LogP contribution in [0.4, 0.5) is 19.1 Å². The third-order valence-electron chi connectivity index (χ3n) is 5.86. The second-order valence-corrected chi connectivity index (χ2v) is 8.16. The van der Waals surface area contributed by atoms with E-state index in [1.54, 1.807) is 15.9 Å². The van der Waals surface area contributed by atoms with Crippen LogP contribution in [0, 0.1) is 11.3 Å². The molecule has 1 saturated heterocycles. The van der Waals surface area contributed by atoms with Crippen molar-refractivity contribution in [2.45, 2.75) is 19.0 Å². The Morgan fingerprint density at radius 2 is 1.81 bits per heavy atom. The molecule has 10 nitrogen and oxygen atoms in total. The zero-order chi connectivity index (χ0) is 25.7. The minimum atomic E-state index is -4.49. The summed E-state index contributed by atoms with van der Waals surface area (Å²) in [7, 11) is 0. The number of nitrogens with one attached hydrogen (secondary N) is 1. The molecule has 0 radical (unpaired) electrons. The molecule has 188 valence electrons. The van der Waals surface area contributed by atoms with Crippen molar-refractivity contribution in [1.82, 2.24) is 25.1 Å². The van der Waals surface area contributed by atoms with Gasteiger partial charge in [-0.1, -0.05) is 0 Å². The maximum Gasteiger partial charge on any atom is 0.419 e. The molecule has 0 spiro atoms. The summed E-state index contributed by atoms with van der Waals surface area (Å²) in [6, 6.07) is 5.25. The van der Waals surface area contributed by atoms with Crippen LogP contribution in [0.25, 0.3) is 10.8 Å². The van der Waals surface area contributed by atoms with Crippen LogP contribution < -0.4 is 10.5 Å². The molecule has 1 aliphatic rings. The minimum absolute atomic E-state index is 0.0874. The van der Waals surface area contributed by atoms with Crippen molar-refractivity contribution in [3.05, 3.63) is 57.8 Å². The van der Waals surface area contributed by atoms with Gasteiger partial charge < -0.3 is 14.5 Å². The monoisotopic (exact) mass is 501 g/mol. The molecule has 36 heavy (non-hydrogen) atoms. The predicted molar refractivity (Wildman–Crippen MR) is 122 cm³/mol. The van der Waals surface area contributed by atoms with Crippen LogP contribution in [-0.2, 0) is 22.1 Å². The molecule has 0 unspecified atom stereocenters. The number of nitriles is 1. The fourth-order valence-corrected chi connectivity index (χ4v) is 3.93. The molecule has 0 bridgehead atoms. The Kier molecular flexibility index (Phi) is 7.44. The van der Waals surface area contributed by atoms with Gasteiger partial charge in [0.15, 0.2) is 0 Å². The molecule has 3 aromatic rings. The second kappa shape index (κ2) is 10.7. The number of aromatic nitrogens is 4. The van der Waals surface area contributed by atoms with Crippen molar-refractivity contribution in [2.24, 2.45) is 0 Å². The number of halogens is 3. The number of amides is 1. The van der Waals surface area contributed by atoms with Crippen molar-refractivity contribution < 1.29 is 22.7 Å². The van der Waals surface area contributed by atoms with E-state index in [2.05, 4.69) is 20.2 Å². The van der Waals surface area contributed by atoms with E-state index in [1.165, 1.54) is 12.3 Å². The third kappa shape index (κ3) is 5.77. The zero-order valence-corrected chi connectivity index (χ0v) is 19.1. The summed E-state index contributed by atoms with van der Waals surface area (Å²) < 4.78 is 43.6. The predicted octanol–water partition coefficient (Wildman–Crippen LogP) is 1.90. The lowest BCUT2D eigenvalue weighted by atomic mass is 10.0. The molecule has 0 atom stereocenters. The van der Waals surface area contributed by atoms with E-state index in [1.807, 2.05) is 6.07 Å². The molecule has 1 aromatic carbocycles. The highest BCUT2D eigenvalue weighted by molar-refractivity contribution is 5.85. The average Bonchev–Trinajstić information content (AvgIpc) is 2.88. The fourth-order valence-electron chi connectivity index (χ4n) is 3.93. The molecular weight excluding hydrogens is 479 g/mol. The van der Waals surface area contributed by atoms with Crippen LogP contribution in [0.3, 0.4) is 0 Å². The number of rotatable bonds is 7. The summed E-state index contributed by atoms with van der Waals surface area (Å²) in [5.41, 5.74) is -0.153. The van der Waals surface area contributed by atoms with Crippen LogP contribution >= 0.6 is 0 Å². The maximum atomic E-state index is 12.7. The molecule has 1 amide bonds. The second-order valence-electron chi connectivity index (χ2n) is 8.16. The number of carbonyl (C=O) groups is 1. The highest BCUT2D eigenvalue weighted by Gasteiger charge is 2.32. The lowest BCUT2D eigenvalue weighted by Crippen LogP contribution is -2.49. The Bertz CT molecular complexity index is 1330. The number of benzene rings is 1. The third-order valence-corrected chi connectivity index (χ3v) is 5.86. The lowest BCUT2D eigenvalue weighted by molar-refractivity contribution is -0.138. The number of anilines is 1. The topological polar surface area (TPSA) is 128 Å². The number of hydrogen-bond acceptors (Lipinski definition) is 8. The van der Waals surface area contributed by atoms with Gasteiger partial charge in [-0.05, 0) is 24.1 Å². The van der Waals surface area contributed by atoms with E-state index in [9.17, 15) is 28.0 Å². The number of piperazine rings is 1. The number of carbonyl (C=O) groups excluding carboxylic acids is 1. The van der Waals surface area contributed by atoms with Crippen molar-refractivity contribution in [1.29, 1.82) is 5.26 Å². The van der Waals surface area contributed by atoms with Gasteiger partial charge in [0.25, 0.3) is 5.56 Å². The molecular formula is C23H22F3N7O3. The van der Waals surface area contributed by atoms with Gasteiger partial charge in [-0.2, -0.15) is 23.5 Å². The first-order valence-corrected chi connectivity index (χ1v) is 11.2. The minimum Gasteiger partial charge on any atom is -0.381 e. The average molecular weight is 501 g/mol. The molecule has 13 heteroatoms. The maximum absolute atomic E-state index is 12.7. The van der Waals surface area contributed by atoms with E-state index in [0.717, 1.165) is 18.0 Å². The van der Waals surface area contributed by atoms with Crippen LogP contribution in [0.2, 0.25) is 0 Å². The van der Waals surface area contributed by atoms with Crippen LogP contribution in [-0.4, -0.2) is 70.4 Å². The van der Waals surface area contributed by atoms with Crippen LogP contribution in [0.15, 0.2) is 35.5 Å². The van der Waals surface area contributed by atoms with Gasteiger partial charge in [-0.15, -0.1) is 0 Å². The molecule has 1 aliphatic heterocycles. The first kappa shape index (κ1) is 25.1. The molecule has 1 N–H and O–H groups in total. The number of alkyl halides is 3. The molecule has 0 saturated carbocycles. The van der Waals surface area contributed by atoms with Crippen molar-refractivity contribution in [2.75, 3.05) is 44.3 Å². The van der Waals surface area contributed by atoms with Crippen molar-refractivity contribution in [3.8, 4) is 6.07 Å². The number of hydrogen-bond donors (Lipinski definition) is 1. The SMILES string of the molecule is N#Cc1cc(CCOCCC(=O)N2CCN(c3ncc(C(F)(F)F)cn3)CC2)c2cn[nH]c(=O)c2c1. The van der Waals surface area contributed by atoms with Gasteiger partial charge in [-0.3, -0.25) is 9.59 Å². The van der Waals surface area contributed by atoms with E-state index >= 15 is 0 Å². The summed E-state index contributed by atoms with van der Waals surface area (Å²) in [6.45, 7) is 2.12. The Morgan fingerprint density at radius 1 is 1.08 bits per heavy atom. The van der Waals surface area contributed by atoms with Gasteiger partial charge in [0.05, 0.1) is 48.4 Å². The molecule has 0 aliphatic carbocycles.